The lowest BCUT2D eigenvalue weighted by atomic mass is 10.2. The largest absolute Gasteiger partial charge is 0.462 e. The van der Waals surface area contributed by atoms with Crippen molar-refractivity contribution in [1.29, 1.82) is 0 Å². The smallest absolute Gasteiger partial charge is 0.338 e. The first-order chi connectivity index (χ1) is 8.17. The Balaban J connectivity index is 2.61. The summed E-state index contributed by atoms with van der Waals surface area (Å²) < 4.78 is 5.02. The van der Waals surface area contributed by atoms with E-state index in [1.165, 1.54) is 0 Å². The fourth-order valence-corrected chi connectivity index (χ4v) is 1.28. The van der Waals surface area contributed by atoms with Gasteiger partial charge >= 0.3 is 5.97 Å². The minimum absolute atomic E-state index is 0.297. The van der Waals surface area contributed by atoms with E-state index in [4.69, 9.17) is 17.0 Å². The number of carbonyl (C=O) groups is 1. The van der Waals surface area contributed by atoms with Crippen LogP contribution in [-0.2, 0) is 4.74 Å². The number of carbonyl (C=O) groups excluding carboxylic acids is 1. The van der Waals surface area contributed by atoms with Crippen molar-refractivity contribution in [2.24, 2.45) is 0 Å². The molecule has 1 aromatic rings. The molecule has 0 radical (unpaired) electrons. The molecular formula is C12H16N2O2S. The summed E-state index contributed by atoms with van der Waals surface area (Å²) in [6.45, 7) is 2.40. The van der Waals surface area contributed by atoms with Crippen molar-refractivity contribution in [1.82, 2.24) is 5.32 Å². The van der Waals surface area contributed by atoms with Crippen molar-refractivity contribution < 1.29 is 9.53 Å². The van der Waals surface area contributed by atoms with E-state index in [0.717, 1.165) is 12.1 Å². The predicted molar refractivity (Wildman–Crippen MR) is 72.3 cm³/mol. The topological polar surface area (TPSA) is 50.4 Å². The van der Waals surface area contributed by atoms with Crippen molar-refractivity contribution >= 4 is 29.0 Å². The molecule has 4 nitrogen and oxygen atoms in total. The maximum absolute atomic E-state index is 11.5. The Morgan fingerprint density at radius 2 is 2.00 bits per heavy atom. The highest BCUT2D eigenvalue weighted by Gasteiger charge is 2.06. The Hall–Kier alpha value is -1.62. The third-order valence-corrected chi connectivity index (χ3v) is 2.35. The molecule has 5 heteroatoms. The second kappa shape index (κ2) is 6.85. The lowest BCUT2D eigenvalue weighted by Crippen LogP contribution is -2.24. The van der Waals surface area contributed by atoms with Crippen molar-refractivity contribution in [3.8, 4) is 0 Å². The summed E-state index contributed by atoms with van der Waals surface area (Å²) in [5.74, 6) is -0.297. The van der Waals surface area contributed by atoms with Crippen LogP contribution in [0.5, 0.6) is 0 Å². The standard InChI is InChI=1S/C12H16N2O2S/c1-3-8-16-11(15)9-4-6-10(7-5-9)14-12(17)13-2/h4-7H,3,8H2,1-2H3,(H2,13,14,17). The lowest BCUT2D eigenvalue weighted by molar-refractivity contribution is 0.0505. The molecule has 2 N–H and O–H groups in total. The molecule has 92 valence electrons. The average molecular weight is 252 g/mol. The number of thiocarbonyl (C=S) groups is 1. The van der Waals surface area contributed by atoms with Gasteiger partial charge in [0, 0.05) is 12.7 Å². The molecule has 0 amide bonds. The summed E-state index contributed by atoms with van der Waals surface area (Å²) in [7, 11) is 1.74. The van der Waals surface area contributed by atoms with Gasteiger partial charge in [-0.3, -0.25) is 0 Å². The van der Waals surface area contributed by atoms with Crippen LogP contribution in [0.3, 0.4) is 0 Å². The first kappa shape index (κ1) is 13.4. The van der Waals surface area contributed by atoms with Gasteiger partial charge in [0.2, 0.25) is 0 Å². The van der Waals surface area contributed by atoms with E-state index < -0.39 is 0 Å². The average Bonchev–Trinajstić information content (AvgIpc) is 2.36. The van der Waals surface area contributed by atoms with Crippen molar-refractivity contribution in [3.05, 3.63) is 29.8 Å². The summed E-state index contributed by atoms with van der Waals surface area (Å²) in [5, 5.41) is 6.31. The number of ether oxygens (including phenoxy) is 1. The summed E-state index contributed by atoms with van der Waals surface area (Å²) in [6, 6.07) is 6.98. The summed E-state index contributed by atoms with van der Waals surface area (Å²) >= 11 is 4.97. The lowest BCUT2D eigenvalue weighted by Gasteiger charge is -2.07. The Labute approximate surface area is 106 Å². The number of nitrogens with one attached hydrogen (secondary N) is 2. The molecule has 0 saturated carbocycles. The molecule has 0 atom stereocenters. The van der Waals surface area contributed by atoms with E-state index in [1.807, 2.05) is 6.92 Å². The van der Waals surface area contributed by atoms with E-state index in [-0.39, 0.29) is 5.97 Å². The third kappa shape index (κ3) is 4.40. The number of hydrogen-bond donors (Lipinski definition) is 2. The van der Waals surface area contributed by atoms with Crippen LogP contribution in [-0.4, -0.2) is 24.7 Å². The monoisotopic (exact) mass is 252 g/mol. The zero-order chi connectivity index (χ0) is 12.7. The molecule has 0 aliphatic heterocycles. The number of rotatable bonds is 4. The molecule has 0 unspecified atom stereocenters. The molecule has 17 heavy (non-hydrogen) atoms. The molecule has 0 aromatic heterocycles. The highest BCUT2D eigenvalue weighted by atomic mass is 32.1. The fourth-order valence-electron chi connectivity index (χ4n) is 1.16. The molecule has 1 rings (SSSR count). The summed E-state index contributed by atoms with van der Waals surface area (Å²) in [5.41, 5.74) is 1.37. The highest BCUT2D eigenvalue weighted by Crippen LogP contribution is 2.10. The summed E-state index contributed by atoms with van der Waals surface area (Å²) in [6.07, 6.45) is 0.821. The van der Waals surface area contributed by atoms with Gasteiger partial charge in [-0.1, -0.05) is 6.92 Å². The number of anilines is 1. The SMILES string of the molecule is CCCOC(=O)c1ccc(NC(=S)NC)cc1. The fraction of sp³-hybridized carbons (Fsp3) is 0.333. The van der Waals surface area contributed by atoms with Gasteiger partial charge in [0.1, 0.15) is 0 Å². The van der Waals surface area contributed by atoms with Crippen LogP contribution in [0.25, 0.3) is 0 Å². The number of hydrogen-bond acceptors (Lipinski definition) is 3. The van der Waals surface area contributed by atoms with Crippen LogP contribution in [0.4, 0.5) is 5.69 Å². The number of esters is 1. The van der Waals surface area contributed by atoms with Gasteiger partial charge < -0.3 is 15.4 Å². The summed E-state index contributed by atoms with van der Waals surface area (Å²) in [4.78, 5) is 11.5. The minimum Gasteiger partial charge on any atom is -0.462 e. The quantitative estimate of drug-likeness (QED) is 0.635. The van der Waals surface area contributed by atoms with Crippen LogP contribution in [0.1, 0.15) is 23.7 Å². The van der Waals surface area contributed by atoms with Crippen LogP contribution in [0.15, 0.2) is 24.3 Å². The first-order valence-corrected chi connectivity index (χ1v) is 5.84. The van der Waals surface area contributed by atoms with Gasteiger partial charge in [-0.05, 0) is 42.9 Å². The molecule has 0 aliphatic rings. The Kier molecular flexibility index (Phi) is 5.42. The minimum atomic E-state index is -0.297. The molecule has 0 bridgehead atoms. The van der Waals surface area contributed by atoms with Gasteiger partial charge in [0.05, 0.1) is 12.2 Å². The molecule has 1 aromatic carbocycles. The van der Waals surface area contributed by atoms with Gasteiger partial charge in [-0.2, -0.15) is 0 Å². The van der Waals surface area contributed by atoms with E-state index >= 15 is 0 Å². The molecule has 0 fully saturated rings. The molecule has 0 heterocycles. The first-order valence-electron chi connectivity index (χ1n) is 5.43. The van der Waals surface area contributed by atoms with Gasteiger partial charge in [0.15, 0.2) is 5.11 Å². The van der Waals surface area contributed by atoms with Crippen molar-refractivity contribution in [3.63, 3.8) is 0 Å². The van der Waals surface area contributed by atoms with E-state index in [0.29, 0.717) is 17.3 Å². The second-order valence-electron chi connectivity index (χ2n) is 3.42. The molecular weight excluding hydrogens is 236 g/mol. The second-order valence-corrected chi connectivity index (χ2v) is 3.83. The van der Waals surface area contributed by atoms with E-state index in [1.54, 1.807) is 31.3 Å². The van der Waals surface area contributed by atoms with Gasteiger partial charge in [0.25, 0.3) is 0 Å². The highest BCUT2D eigenvalue weighted by molar-refractivity contribution is 7.80. The maximum Gasteiger partial charge on any atom is 0.338 e. The zero-order valence-electron chi connectivity index (χ0n) is 9.95. The van der Waals surface area contributed by atoms with Crippen LogP contribution in [0, 0.1) is 0 Å². The van der Waals surface area contributed by atoms with E-state index in [2.05, 4.69) is 10.6 Å². The Morgan fingerprint density at radius 3 is 2.53 bits per heavy atom. The molecule has 0 saturated heterocycles. The van der Waals surface area contributed by atoms with Crippen LogP contribution >= 0.6 is 12.2 Å². The maximum atomic E-state index is 11.5. The van der Waals surface area contributed by atoms with Crippen LogP contribution < -0.4 is 10.6 Å². The van der Waals surface area contributed by atoms with Crippen molar-refractivity contribution in [2.45, 2.75) is 13.3 Å². The van der Waals surface area contributed by atoms with Gasteiger partial charge in [-0.25, -0.2) is 4.79 Å². The Bertz CT molecular complexity index is 390. The number of benzene rings is 1. The predicted octanol–water partition coefficient (Wildman–Crippen LogP) is 2.17. The van der Waals surface area contributed by atoms with E-state index in [9.17, 15) is 4.79 Å². The Morgan fingerprint density at radius 1 is 1.35 bits per heavy atom. The van der Waals surface area contributed by atoms with Crippen LogP contribution in [0.2, 0.25) is 0 Å². The van der Waals surface area contributed by atoms with Crippen molar-refractivity contribution in [2.75, 3.05) is 19.0 Å². The van der Waals surface area contributed by atoms with Gasteiger partial charge in [-0.15, -0.1) is 0 Å². The normalized spacial score (nSPS) is 9.53. The molecule has 0 spiro atoms. The zero-order valence-corrected chi connectivity index (χ0v) is 10.8. The molecule has 0 aliphatic carbocycles. The third-order valence-electron chi connectivity index (χ3n) is 2.04.